The zero-order valence-electron chi connectivity index (χ0n) is 9.02. The summed E-state index contributed by atoms with van der Waals surface area (Å²) in [6.07, 6.45) is 0. The molecule has 0 saturated heterocycles. The monoisotopic (exact) mass is 210 g/mol. The molecule has 0 aliphatic rings. The van der Waals surface area contributed by atoms with Gasteiger partial charge in [-0.15, -0.1) is 0 Å². The first kappa shape index (κ1) is 11.8. The number of likely N-dealkylation sites (N-methyl/N-ethyl adjacent to an activating group) is 1. The molecule has 1 aromatic carbocycles. The van der Waals surface area contributed by atoms with Gasteiger partial charge in [-0.25, -0.2) is 0 Å². The van der Waals surface area contributed by atoms with Gasteiger partial charge in [0, 0.05) is 25.0 Å². The predicted molar refractivity (Wildman–Crippen MR) is 62.0 cm³/mol. The van der Waals surface area contributed by atoms with Crippen LogP contribution in [0.2, 0.25) is 0 Å². The van der Waals surface area contributed by atoms with Gasteiger partial charge in [-0.1, -0.05) is 0 Å². The third-order valence-electron chi connectivity index (χ3n) is 2.14. The summed E-state index contributed by atoms with van der Waals surface area (Å²) in [6, 6.07) is 7.70. The smallest absolute Gasteiger partial charge is 0.0698 e. The normalized spacial score (nSPS) is 10.3. The molecule has 4 nitrogen and oxygen atoms in total. The van der Waals surface area contributed by atoms with Gasteiger partial charge in [-0.2, -0.15) is 0 Å². The first-order valence-electron chi connectivity index (χ1n) is 4.99. The van der Waals surface area contributed by atoms with Crippen LogP contribution >= 0.6 is 0 Å². The highest BCUT2D eigenvalue weighted by molar-refractivity contribution is 5.52. The summed E-state index contributed by atoms with van der Waals surface area (Å²) in [7, 11) is 1.99. The van der Waals surface area contributed by atoms with Gasteiger partial charge < -0.3 is 20.5 Å². The van der Waals surface area contributed by atoms with Crippen molar-refractivity contribution < 1.29 is 9.84 Å². The maximum atomic E-state index is 8.53. The minimum atomic E-state index is 0.0750. The highest BCUT2D eigenvalue weighted by Crippen LogP contribution is 2.14. The van der Waals surface area contributed by atoms with Crippen molar-refractivity contribution in [3.8, 4) is 0 Å². The number of ether oxygens (including phenoxy) is 1. The maximum absolute atomic E-state index is 8.53. The molecule has 0 amide bonds. The molecule has 0 aliphatic carbocycles. The number of aliphatic hydroxyl groups is 1. The maximum Gasteiger partial charge on any atom is 0.0698 e. The molecule has 84 valence electrons. The summed E-state index contributed by atoms with van der Waals surface area (Å²) in [5, 5.41) is 8.53. The first-order valence-corrected chi connectivity index (χ1v) is 4.99. The topological polar surface area (TPSA) is 58.7 Å². The fourth-order valence-corrected chi connectivity index (χ4v) is 1.23. The summed E-state index contributed by atoms with van der Waals surface area (Å²) in [4.78, 5) is 2.08. The van der Waals surface area contributed by atoms with E-state index in [4.69, 9.17) is 15.6 Å². The van der Waals surface area contributed by atoms with Crippen molar-refractivity contribution >= 4 is 11.4 Å². The van der Waals surface area contributed by atoms with Crippen molar-refractivity contribution in [2.45, 2.75) is 0 Å². The van der Waals surface area contributed by atoms with E-state index < -0.39 is 0 Å². The number of hydrogen-bond acceptors (Lipinski definition) is 4. The zero-order valence-corrected chi connectivity index (χ0v) is 9.02. The summed E-state index contributed by atoms with van der Waals surface area (Å²) in [5.74, 6) is 0. The van der Waals surface area contributed by atoms with Crippen molar-refractivity contribution in [2.24, 2.45) is 0 Å². The van der Waals surface area contributed by atoms with Crippen LogP contribution in [0.3, 0.4) is 0 Å². The quantitative estimate of drug-likeness (QED) is 0.536. The molecule has 0 atom stereocenters. The van der Waals surface area contributed by atoms with Crippen LogP contribution < -0.4 is 10.6 Å². The lowest BCUT2D eigenvalue weighted by Gasteiger charge is -2.19. The van der Waals surface area contributed by atoms with Crippen molar-refractivity contribution in [3.05, 3.63) is 24.3 Å². The Morgan fingerprint density at radius 3 is 2.53 bits per heavy atom. The van der Waals surface area contributed by atoms with Crippen LogP contribution in [0.1, 0.15) is 0 Å². The second kappa shape index (κ2) is 6.27. The lowest BCUT2D eigenvalue weighted by atomic mass is 10.2. The number of nitrogen functional groups attached to an aromatic ring is 1. The Hall–Kier alpha value is -1.26. The Morgan fingerprint density at radius 1 is 1.27 bits per heavy atom. The van der Waals surface area contributed by atoms with Crippen molar-refractivity contribution in [1.82, 2.24) is 0 Å². The van der Waals surface area contributed by atoms with E-state index in [2.05, 4.69) is 4.90 Å². The molecule has 0 fully saturated rings. The molecule has 4 heteroatoms. The molecule has 1 aromatic rings. The van der Waals surface area contributed by atoms with Gasteiger partial charge >= 0.3 is 0 Å². The third kappa shape index (κ3) is 4.18. The van der Waals surface area contributed by atoms with Gasteiger partial charge in [-0.3, -0.25) is 0 Å². The number of nitrogens with two attached hydrogens (primary N) is 1. The van der Waals surface area contributed by atoms with E-state index in [9.17, 15) is 0 Å². The fraction of sp³-hybridized carbons (Fsp3) is 0.455. The molecule has 0 bridgehead atoms. The molecule has 0 spiro atoms. The number of hydrogen-bond donors (Lipinski definition) is 2. The van der Waals surface area contributed by atoms with Gasteiger partial charge in [-0.05, 0) is 24.3 Å². The van der Waals surface area contributed by atoms with Crippen molar-refractivity contribution in [3.63, 3.8) is 0 Å². The Balaban J connectivity index is 2.33. The minimum Gasteiger partial charge on any atom is -0.399 e. The van der Waals surface area contributed by atoms with E-state index in [1.54, 1.807) is 0 Å². The fourth-order valence-electron chi connectivity index (χ4n) is 1.23. The molecular formula is C11H18N2O2. The van der Waals surface area contributed by atoms with Gasteiger partial charge in [0.2, 0.25) is 0 Å². The van der Waals surface area contributed by atoms with Gasteiger partial charge in [0.05, 0.1) is 19.8 Å². The predicted octanol–water partition coefficient (Wildman–Crippen LogP) is 0.714. The van der Waals surface area contributed by atoms with Crippen LogP contribution in [0.5, 0.6) is 0 Å². The standard InChI is InChI=1S/C11H18N2O2/c1-13(6-8-15-9-7-14)11-4-2-10(12)3-5-11/h2-5,14H,6-9,12H2,1H3. The summed E-state index contributed by atoms with van der Waals surface area (Å²) >= 11 is 0. The Labute approximate surface area is 90.3 Å². The highest BCUT2D eigenvalue weighted by Gasteiger charge is 1.99. The average Bonchev–Trinajstić information content (AvgIpc) is 2.25. The molecule has 0 aromatic heterocycles. The number of rotatable bonds is 6. The highest BCUT2D eigenvalue weighted by atomic mass is 16.5. The van der Waals surface area contributed by atoms with E-state index in [0.717, 1.165) is 17.9 Å². The van der Waals surface area contributed by atoms with Gasteiger partial charge in [0.25, 0.3) is 0 Å². The van der Waals surface area contributed by atoms with E-state index in [0.29, 0.717) is 13.2 Å². The van der Waals surface area contributed by atoms with Crippen molar-refractivity contribution in [1.29, 1.82) is 0 Å². The second-order valence-corrected chi connectivity index (χ2v) is 3.35. The lowest BCUT2D eigenvalue weighted by molar-refractivity contribution is 0.0971. The number of nitrogens with zero attached hydrogens (tertiary/aromatic N) is 1. The molecule has 0 aliphatic heterocycles. The molecular weight excluding hydrogens is 192 g/mol. The van der Waals surface area contributed by atoms with Crippen LogP contribution in [-0.4, -0.2) is 38.5 Å². The molecule has 0 radical (unpaired) electrons. The van der Waals surface area contributed by atoms with Crippen LogP contribution in [-0.2, 0) is 4.74 Å². The Morgan fingerprint density at radius 2 is 1.93 bits per heavy atom. The summed E-state index contributed by atoms with van der Waals surface area (Å²) < 4.78 is 5.18. The third-order valence-corrected chi connectivity index (χ3v) is 2.14. The first-order chi connectivity index (χ1) is 7.24. The van der Waals surface area contributed by atoms with E-state index in [-0.39, 0.29) is 6.61 Å². The van der Waals surface area contributed by atoms with Crippen LogP contribution in [0.4, 0.5) is 11.4 Å². The van der Waals surface area contributed by atoms with Crippen molar-refractivity contribution in [2.75, 3.05) is 44.0 Å². The van der Waals surface area contributed by atoms with E-state index >= 15 is 0 Å². The van der Waals surface area contributed by atoms with E-state index in [1.807, 2.05) is 31.3 Å². The van der Waals surface area contributed by atoms with Crippen LogP contribution in [0, 0.1) is 0 Å². The molecule has 0 saturated carbocycles. The molecule has 1 rings (SSSR count). The molecule has 0 heterocycles. The molecule has 3 N–H and O–H groups in total. The number of benzene rings is 1. The minimum absolute atomic E-state index is 0.0750. The van der Waals surface area contributed by atoms with Crippen LogP contribution in [0.15, 0.2) is 24.3 Å². The average molecular weight is 210 g/mol. The molecule has 0 unspecified atom stereocenters. The van der Waals surface area contributed by atoms with Crippen LogP contribution in [0.25, 0.3) is 0 Å². The summed E-state index contributed by atoms with van der Waals surface area (Å²) in [6.45, 7) is 1.88. The summed E-state index contributed by atoms with van der Waals surface area (Å²) in [5.41, 5.74) is 7.47. The SMILES string of the molecule is CN(CCOCCO)c1ccc(N)cc1. The van der Waals surface area contributed by atoms with Gasteiger partial charge in [0.15, 0.2) is 0 Å². The Kier molecular flexibility index (Phi) is 4.93. The number of anilines is 2. The largest absolute Gasteiger partial charge is 0.399 e. The van der Waals surface area contributed by atoms with E-state index in [1.165, 1.54) is 0 Å². The number of aliphatic hydroxyl groups excluding tert-OH is 1. The molecule has 15 heavy (non-hydrogen) atoms. The second-order valence-electron chi connectivity index (χ2n) is 3.35. The zero-order chi connectivity index (χ0) is 11.1. The Bertz CT molecular complexity index is 274. The van der Waals surface area contributed by atoms with Gasteiger partial charge in [0.1, 0.15) is 0 Å². The lowest BCUT2D eigenvalue weighted by Crippen LogP contribution is -2.23.